The van der Waals surface area contributed by atoms with E-state index in [9.17, 15) is 5.11 Å². The Bertz CT molecular complexity index is 1420. The van der Waals surface area contributed by atoms with Crippen molar-refractivity contribution in [1.82, 2.24) is 9.97 Å². The predicted molar refractivity (Wildman–Crippen MR) is 187 cm³/mol. The highest BCUT2D eigenvalue weighted by atomic mass is 31.1. The Labute approximate surface area is 259 Å². The first-order chi connectivity index (χ1) is 21.0. The van der Waals surface area contributed by atoms with Crippen molar-refractivity contribution in [3.8, 4) is 16.9 Å². The number of hydrogen-bond acceptors (Lipinski definition) is 7. The molecule has 0 saturated carbocycles. The molecule has 8 heteroatoms. The molecule has 1 fully saturated rings. The molecule has 3 aromatic carbocycles. The SMILES string of the molecule is C=Cc1ccc(Nc2ccc(-c3cccc(O)c3)cc2)cc1CC.CCC.CNc1ncc(PC)c(N2CCOCC2)n1. The summed E-state index contributed by atoms with van der Waals surface area (Å²) in [4.78, 5) is 11.1. The second-order valence-corrected chi connectivity index (χ2v) is 11.0. The molecule has 3 N–H and O–H groups in total. The summed E-state index contributed by atoms with van der Waals surface area (Å²) < 4.78 is 5.35. The zero-order valence-electron chi connectivity index (χ0n) is 26.2. The first kappa shape index (κ1) is 33.6. The summed E-state index contributed by atoms with van der Waals surface area (Å²) in [7, 11) is 2.56. The van der Waals surface area contributed by atoms with Gasteiger partial charge in [-0.25, -0.2) is 4.98 Å². The van der Waals surface area contributed by atoms with Crippen molar-refractivity contribution in [3.63, 3.8) is 0 Å². The largest absolute Gasteiger partial charge is 0.508 e. The van der Waals surface area contributed by atoms with Crippen LogP contribution in [0.3, 0.4) is 0 Å². The Morgan fingerprint density at radius 3 is 2.28 bits per heavy atom. The maximum Gasteiger partial charge on any atom is 0.224 e. The summed E-state index contributed by atoms with van der Waals surface area (Å²) in [5.74, 6) is 2.02. The van der Waals surface area contributed by atoms with Gasteiger partial charge in [0.2, 0.25) is 5.95 Å². The summed E-state index contributed by atoms with van der Waals surface area (Å²) in [6.45, 7) is 15.8. The number of benzene rings is 3. The molecular formula is C35H46N5O2P. The van der Waals surface area contributed by atoms with E-state index in [2.05, 4.69) is 89.8 Å². The van der Waals surface area contributed by atoms with Crippen molar-refractivity contribution in [3.05, 3.63) is 90.6 Å². The molecule has 228 valence electrons. The zero-order chi connectivity index (χ0) is 31.0. The van der Waals surface area contributed by atoms with Crippen molar-refractivity contribution in [2.75, 3.05) is 55.5 Å². The normalized spacial score (nSPS) is 12.5. The van der Waals surface area contributed by atoms with Gasteiger partial charge in [0.15, 0.2) is 0 Å². The maximum absolute atomic E-state index is 9.60. The van der Waals surface area contributed by atoms with Crippen LogP contribution in [-0.2, 0) is 11.2 Å². The van der Waals surface area contributed by atoms with Crippen LogP contribution in [0.5, 0.6) is 5.75 Å². The highest BCUT2D eigenvalue weighted by Crippen LogP contribution is 2.27. The molecule has 1 atom stereocenters. The van der Waals surface area contributed by atoms with Crippen LogP contribution < -0.4 is 20.8 Å². The van der Waals surface area contributed by atoms with Gasteiger partial charge in [-0.1, -0.05) is 78.8 Å². The van der Waals surface area contributed by atoms with Gasteiger partial charge in [-0.05, 0) is 71.7 Å². The lowest BCUT2D eigenvalue weighted by molar-refractivity contribution is 0.122. The average Bonchev–Trinajstić information content (AvgIpc) is 3.06. The van der Waals surface area contributed by atoms with Crippen LogP contribution in [0.15, 0.2) is 79.5 Å². The number of hydrogen-bond donors (Lipinski definition) is 3. The lowest BCUT2D eigenvalue weighted by atomic mass is 10.0. The molecule has 5 rings (SSSR count). The first-order valence-corrected chi connectivity index (χ1v) is 16.4. The van der Waals surface area contributed by atoms with E-state index in [1.165, 1.54) is 22.9 Å². The van der Waals surface area contributed by atoms with Crippen LogP contribution in [0.1, 0.15) is 38.3 Å². The lowest BCUT2D eigenvalue weighted by Gasteiger charge is -2.29. The number of phenolic OH excluding ortho intramolecular Hbond substituents is 1. The van der Waals surface area contributed by atoms with Gasteiger partial charge in [0.1, 0.15) is 11.6 Å². The van der Waals surface area contributed by atoms with E-state index in [4.69, 9.17) is 4.74 Å². The second-order valence-electron chi connectivity index (χ2n) is 9.96. The van der Waals surface area contributed by atoms with E-state index in [-0.39, 0.29) is 5.75 Å². The number of morpholine rings is 1. The molecule has 7 nitrogen and oxygen atoms in total. The summed E-state index contributed by atoms with van der Waals surface area (Å²) >= 11 is 0. The van der Waals surface area contributed by atoms with Crippen LogP contribution >= 0.6 is 8.58 Å². The highest BCUT2D eigenvalue weighted by Gasteiger charge is 2.16. The molecule has 0 spiro atoms. The van der Waals surface area contributed by atoms with E-state index in [0.717, 1.165) is 61.0 Å². The number of rotatable bonds is 8. The van der Waals surface area contributed by atoms with Crippen LogP contribution in [0.25, 0.3) is 17.2 Å². The maximum atomic E-state index is 9.60. The Morgan fingerprint density at radius 1 is 0.977 bits per heavy atom. The zero-order valence-corrected chi connectivity index (χ0v) is 27.2. The van der Waals surface area contributed by atoms with Gasteiger partial charge < -0.3 is 25.4 Å². The number of ether oxygens (including phenoxy) is 1. The number of aryl methyl sites for hydroxylation is 1. The molecule has 43 heavy (non-hydrogen) atoms. The lowest BCUT2D eigenvalue weighted by Crippen LogP contribution is -2.39. The van der Waals surface area contributed by atoms with E-state index in [1.807, 2.05) is 43.6 Å². The van der Waals surface area contributed by atoms with Crippen molar-refractivity contribution in [2.45, 2.75) is 33.6 Å². The topological polar surface area (TPSA) is 82.5 Å². The van der Waals surface area contributed by atoms with Crippen molar-refractivity contribution < 1.29 is 9.84 Å². The number of aromatic nitrogens is 2. The number of aromatic hydroxyl groups is 1. The van der Waals surface area contributed by atoms with Gasteiger partial charge in [-0.15, -0.1) is 0 Å². The van der Waals surface area contributed by atoms with E-state index in [0.29, 0.717) is 14.5 Å². The summed E-state index contributed by atoms with van der Waals surface area (Å²) in [6.07, 6.45) is 6.04. The average molecular weight is 600 g/mol. The van der Waals surface area contributed by atoms with Crippen molar-refractivity contribution >= 4 is 43.1 Å². The first-order valence-electron chi connectivity index (χ1n) is 14.9. The Kier molecular flexibility index (Phi) is 14.0. The van der Waals surface area contributed by atoms with Gasteiger partial charge in [0.05, 0.1) is 13.2 Å². The Hall–Kier alpha value is -3.93. The number of phenols is 1. The van der Waals surface area contributed by atoms with Crippen molar-refractivity contribution in [1.29, 1.82) is 0 Å². The predicted octanol–water partition coefficient (Wildman–Crippen LogP) is 7.71. The fourth-order valence-corrected chi connectivity index (χ4v) is 5.10. The molecule has 1 unspecified atom stereocenters. The third-order valence-corrected chi connectivity index (χ3v) is 7.56. The molecule has 0 amide bonds. The standard InChI is InChI=1S/C22H21NO.C10H17N4OP.C3H8/c1-3-16-8-13-21(14-17(16)4-2)23-20-11-9-18(10-12-20)19-6-5-7-22(24)15-19;1-11-10-12-7-8(16-2)9(13-10)14-3-5-15-6-4-14;1-3-2/h3,5-15,23-24H,1,4H2,2H3;7,16H,3-6H2,1-2H3,(H,11,12,13);3H2,1-2H3. The van der Waals surface area contributed by atoms with Gasteiger partial charge in [-0.3, -0.25) is 0 Å². The highest BCUT2D eigenvalue weighted by molar-refractivity contribution is 7.46. The molecule has 2 heterocycles. The van der Waals surface area contributed by atoms with Gasteiger partial charge in [0.25, 0.3) is 0 Å². The molecule has 4 aromatic rings. The van der Waals surface area contributed by atoms with Crippen LogP contribution in [0.2, 0.25) is 0 Å². The Morgan fingerprint density at radius 2 is 1.67 bits per heavy atom. The third-order valence-electron chi connectivity index (χ3n) is 6.67. The Balaban J connectivity index is 0.000000230. The number of nitrogens with zero attached hydrogens (tertiary/aromatic N) is 3. The summed E-state index contributed by atoms with van der Waals surface area (Å²) in [6, 6.07) is 21.8. The minimum atomic E-state index is 0.282. The molecule has 1 saturated heterocycles. The third kappa shape index (κ3) is 10.1. The smallest absolute Gasteiger partial charge is 0.224 e. The van der Waals surface area contributed by atoms with E-state index < -0.39 is 0 Å². The van der Waals surface area contributed by atoms with E-state index in [1.54, 1.807) is 12.1 Å². The van der Waals surface area contributed by atoms with Gasteiger partial charge in [0, 0.05) is 43.0 Å². The minimum absolute atomic E-state index is 0.282. The quantitative estimate of drug-likeness (QED) is 0.179. The van der Waals surface area contributed by atoms with E-state index >= 15 is 0 Å². The molecule has 0 aliphatic carbocycles. The fourth-order valence-electron chi connectivity index (χ4n) is 4.47. The molecule has 1 aliphatic rings. The molecule has 1 aliphatic heterocycles. The van der Waals surface area contributed by atoms with Crippen LogP contribution in [-0.4, -0.2) is 55.1 Å². The van der Waals surface area contributed by atoms with Crippen LogP contribution in [0, 0.1) is 0 Å². The molecule has 1 aromatic heterocycles. The van der Waals surface area contributed by atoms with Crippen LogP contribution in [0.4, 0.5) is 23.1 Å². The van der Waals surface area contributed by atoms with Gasteiger partial charge in [-0.2, -0.15) is 4.98 Å². The van der Waals surface area contributed by atoms with Crippen molar-refractivity contribution in [2.24, 2.45) is 0 Å². The fraction of sp³-hybridized carbons (Fsp3) is 0.314. The monoisotopic (exact) mass is 599 g/mol. The number of nitrogens with one attached hydrogen (secondary N) is 2. The summed E-state index contributed by atoms with van der Waals surface area (Å²) in [5, 5.41) is 17.2. The second kappa shape index (κ2) is 17.9. The van der Waals surface area contributed by atoms with Gasteiger partial charge >= 0.3 is 0 Å². The minimum Gasteiger partial charge on any atom is -0.508 e. The molecular weight excluding hydrogens is 553 g/mol. The number of anilines is 4. The molecule has 0 bridgehead atoms. The molecule has 0 radical (unpaired) electrons. The summed E-state index contributed by atoms with van der Waals surface area (Å²) in [5.41, 5.74) is 6.65.